The van der Waals surface area contributed by atoms with Crippen LogP contribution in [0.25, 0.3) is 0 Å². The third-order valence-corrected chi connectivity index (χ3v) is 1.56. The first-order valence-electron chi connectivity index (χ1n) is 4.75. The Morgan fingerprint density at radius 2 is 1.43 bits per heavy atom. The summed E-state index contributed by atoms with van der Waals surface area (Å²) < 4.78 is 0. The molecule has 0 aromatic carbocycles. The number of aliphatic hydroxyl groups is 5. The number of hydrogen-bond acceptors (Lipinski definition) is 5. The summed E-state index contributed by atoms with van der Waals surface area (Å²) in [6.45, 7) is 2.85. The Morgan fingerprint density at radius 1 is 1.00 bits per heavy atom. The molecule has 0 rings (SSSR count). The normalized spacial score (nSPS) is 14.6. The zero-order valence-corrected chi connectivity index (χ0v) is 8.80. The molecule has 0 aliphatic carbocycles. The molecule has 0 aliphatic rings. The van der Waals surface area contributed by atoms with E-state index in [-0.39, 0.29) is 13.2 Å². The van der Waals surface area contributed by atoms with Crippen LogP contribution >= 0.6 is 0 Å². The maximum absolute atomic E-state index is 8.88. The Hall–Kier alpha value is -0.200. The highest BCUT2D eigenvalue weighted by Gasteiger charge is 2.07. The minimum atomic E-state index is -0.954. The van der Waals surface area contributed by atoms with Gasteiger partial charge in [-0.3, -0.25) is 0 Å². The van der Waals surface area contributed by atoms with Crippen molar-refractivity contribution in [2.24, 2.45) is 0 Å². The minimum Gasteiger partial charge on any atom is -0.394 e. The largest absolute Gasteiger partial charge is 0.394 e. The lowest BCUT2D eigenvalue weighted by atomic mass is 10.1. The summed E-state index contributed by atoms with van der Waals surface area (Å²) in [5.74, 6) is 0. The van der Waals surface area contributed by atoms with Gasteiger partial charge >= 0.3 is 0 Å². The lowest BCUT2D eigenvalue weighted by Crippen LogP contribution is -2.21. The summed E-state index contributed by atoms with van der Waals surface area (Å²) in [6.07, 6.45) is -0.441. The zero-order valence-electron chi connectivity index (χ0n) is 8.80. The van der Waals surface area contributed by atoms with Crippen LogP contribution in [-0.4, -0.2) is 57.1 Å². The van der Waals surface area contributed by atoms with E-state index in [4.69, 9.17) is 25.5 Å². The van der Waals surface area contributed by atoms with E-state index in [1.54, 1.807) is 6.92 Å². The second-order valence-electron chi connectivity index (χ2n) is 3.12. The molecule has 0 fully saturated rings. The fraction of sp³-hybridized carbons (Fsp3) is 1.00. The van der Waals surface area contributed by atoms with Gasteiger partial charge in [0.15, 0.2) is 0 Å². The van der Waals surface area contributed by atoms with E-state index in [0.29, 0.717) is 6.42 Å². The van der Waals surface area contributed by atoms with Crippen LogP contribution in [0.2, 0.25) is 0 Å². The van der Waals surface area contributed by atoms with Crippen LogP contribution in [0.3, 0.4) is 0 Å². The molecule has 0 spiro atoms. The highest BCUT2D eigenvalue weighted by Crippen LogP contribution is 1.99. The number of hydrogen-bond donors (Lipinski definition) is 5. The molecule has 88 valence electrons. The number of aliphatic hydroxyl groups excluding tert-OH is 5. The molecule has 0 saturated carbocycles. The molecule has 5 heteroatoms. The van der Waals surface area contributed by atoms with E-state index < -0.39 is 18.3 Å². The zero-order chi connectivity index (χ0) is 11.6. The Morgan fingerprint density at radius 3 is 1.50 bits per heavy atom. The van der Waals surface area contributed by atoms with E-state index in [0.717, 1.165) is 6.42 Å². The van der Waals surface area contributed by atoms with Crippen molar-refractivity contribution in [3.63, 3.8) is 0 Å². The first-order chi connectivity index (χ1) is 6.49. The highest BCUT2D eigenvalue weighted by molar-refractivity contribution is 4.59. The Bertz CT molecular complexity index is 103. The van der Waals surface area contributed by atoms with Crippen molar-refractivity contribution in [3.05, 3.63) is 0 Å². The molecule has 0 aromatic rings. The molecular weight excluding hydrogens is 188 g/mol. The van der Waals surface area contributed by atoms with Gasteiger partial charge in [-0.15, -0.1) is 0 Å². The molecule has 0 saturated heterocycles. The van der Waals surface area contributed by atoms with Gasteiger partial charge in [0.25, 0.3) is 0 Å². The predicted molar refractivity (Wildman–Crippen MR) is 52.8 cm³/mol. The first kappa shape index (κ1) is 16.2. The van der Waals surface area contributed by atoms with Crippen LogP contribution in [0.5, 0.6) is 0 Å². The van der Waals surface area contributed by atoms with Crippen molar-refractivity contribution in [1.29, 1.82) is 0 Å². The van der Waals surface area contributed by atoms with Crippen molar-refractivity contribution in [2.75, 3.05) is 13.2 Å². The molecule has 0 radical (unpaired) electrons. The van der Waals surface area contributed by atoms with Crippen molar-refractivity contribution < 1.29 is 25.5 Å². The van der Waals surface area contributed by atoms with Crippen LogP contribution in [-0.2, 0) is 0 Å². The standard InChI is InChI=1S/C6H14O2.C3H8O3/c1-3-4-6(8)5(2)7;4-1-3(6)2-5/h5-8H,3-4H2,1-2H3;3-6H,1-2H2. The first-order valence-corrected chi connectivity index (χ1v) is 4.75. The van der Waals surface area contributed by atoms with Gasteiger partial charge in [0, 0.05) is 0 Å². The fourth-order valence-electron chi connectivity index (χ4n) is 0.595. The summed E-state index contributed by atoms with van der Waals surface area (Å²) >= 11 is 0. The summed E-state index contributed by atoms with van der Waals surface area (Å²) in [5.41, 5.74) is 0. The van der Waals surface area contributed by atoms with Crippen molar-refractivity contribution in [3.8, 4) is 0 Å². The van der Waals surface area contributed by atoms with Gasteiger partial charge in [-0.05, 0) is 13.3 Å². The van der Waals surface area contributed by atoms with Gasteiger partial charge in [0.05, 0.1) is 25.4 Å². The average molecular weight is 210 g/mol. The maximum Gasteiger partial charge on any atom is 0.100 e. The smallest absolute Gasteiger partial charge is 0.100 e. The van der Waals surface area contributed by atoms with Gasteiger partial charge < -0.3 is 25.5 Å². The van der Waals surface area contributed by atoms with Gasteiger partial charge in [-0.2, -0.15) is 0 Å². The Kier molecular flexibility index (Phi) is 12.6. The van der Waals surface area contributed by atoms with Gasteiger partial charge in [0.2, 0.25) is 0 Å². The van der Waals surface area contributed by atoms with Crippen molar-refractivity contribution >= 4 is 0 Å². The van der Waals surface area contributed by atoms with Crippen molar-refractivity contribution in [2.45, 2.75) is 45.0 Å². The third kappa shape index (κ3) is 11.8. The average Bonchev–Trinajstić information content (AvgIpc) is 2.18. The van der Waals surface area contributed by atoms with Crippen LogP contribution < -0.4 is 0 Å². The van der Waals surface area contributed by atoms with E-state index in [2.05, 4.69) is 0 Å². The summed E-state index contributed by atoms with van der Waals surface area (Å²) in [4.78, 5) is 0. The van der Waals surface area contributed by atoms with Crippen LogP contribution in [0, 0.1) is 0 Å². The summed E-state index contributed by atoms with van der Waals surface area (Å²) in [7, 11) is 0. The molecule has 5 N–H and O–H groups in total. The van der Waals surface area contributed by atoms with E-state index in [9.17, 15) is 0 Å². The maximum atomic E-state index is 8.88. The molecule has 0 bridgehead atoms. The molecule has 0 amide bonds. The highest BCUT2D eigenvalue weighted by atomic mass is 16.3. The summed E-state index contributed by atoms with van der Waals surface area (Å²) in [6, 6.07) is 0. The van der Waals surface area contributed by atoms with Gasteiger partial charge in [0.1, 0.15) is 6.10 Å². The predicted octanol–water partition coefficient (Wildman–Crippen LogP) is -1.14. The Labute approximate surface area is 84.6 Å². The molecule has 14 heavy (non-hydrogen) atoms. The van der Waals surface area contributed by atoms with E-state index >= 15 is 0 Å². The van der Waals surface area contributed by atoms with Crippen LogP contribution in [0.15, 0.2) is 0 Å². The topological polar surface area (TPSA) is 101 Å². The second-order valence-corrected chi connectivity index (χ2v) is 3.12. The molecule has 0 aliphatic heterocycles. The molecule has 2 unspecified atom stereocenters. The lowest BCUT2D eigenvalue weighted by molar-refractivity contribution is 0.0259. The van der Waals surface area contributed by atoms with Crippen LogP contribution in [0.1, 0.15) is 26.7 Å². The molecule has 0 aromatic heterocycles. The van der Waals surface area contributed by atoms with Crippen LogP contribution in [0.4, 0.5) is 0 Å². The molecular formula is C9H22O5. The second kappa shape index (κ2) is 10.9. The quantitative estimate of drug-likeness (QED) is 0.395. The molecule has 5 nitrogen and oxygen atoms in total. The lowest BCUT2D eigenvalue weighted by Gasteiger charge is -2.10. The Balaban J connectivity index is 0. The van der Waals surface area contributed by atoms with E-state index in [1.165, 1.54) is 0 Å². The summed E-state index contributed by atoms with van der Waals surface area (Å²) in [5, 5.41) is 41.6. The molecule has 0 heterocycles. The number of rotatable bonds is 5. The van der Waals surface area contributed by atoms with Gasteiger partial charge in [-0.1, -0.05) is 13.3 Å². The van der Waals surface area contributed by atoms with Crippen molar-refractivity contribution in [1.82, 2.24) is 0 Å². The van der Waals surface area contributed by atoms with Gasteiger partial charge in [-0.25, -0.2) is 0 Å². The molecule has 2 atom stereocenters. The third-order valence-electron chi connectivity index (χ3n) is 1.56. The SMILES string of the molecule is CCCC(O)C(C)O.OCC(O)CO. The fourth-order valence-corrected chi connectivity index (χ4v) is 0.595. The monoisotopic (exact) mass is 210 g/mol. The minimum absolute atomic E-state index is 0.365. The van der Waals surface area contributed by atoms with E-state index in [1.807, 2.05) is 6.92 Å².